The van der Waals surface area contributed by atoms with E-state index in [-0.39, 0.29) is 17.6 Å². The number of aromatic nitrogens is 2. The van der Waals surface area contributed by atoms with Gasteiger partial charge in [-0.2, -0.15) is 4.98 Å². The molecule has 2 atom stereocenters. The molecule has 0 aliphatic carbocycles. The fourth-order valence-electron chi connectivity index (χ4n) is 5.16. The summed E-state index contributed by atoms with van der Waals surface area (Å²) in [6, 6.07) is 10.3. The Balaban J connectivity index is 1.58. The predicted molar refractivity (Wildman–Crippen MR) is 144 cm³/mol. The molecule has 1 aromatic heterocycles. The molecule has 2 aromatic rings. The quantitative estimate of drug-likeness (QED) is 0.522. The van der Waals surface area contributed by atoms with Crippen molar-refractivity contribution in [1.82, 2.24) is 14.5 Å². The molecular formula is C28H37N5O3. The van der Waals surface area contributed by atoms with Crippen molar-refractivity contribution in [2.75, 3.05) is 44.2 Å². The Morgan fingerprint density at radius 2 is 1.86 bits per heavy atom. The van der Waals surface area contributed by atoms with Crippen LogP contribution < -0.4 is 10.6 Å². The second kappa shape index (κ2) is 11.6. The van der Waals surface area contributed by atoms with Gasteiger partial charge in [-0.05, 0) is 25.8 Å². The maximum Gasteiger partial charge on any atom is 0.351 e. The third-order valence-electron chi connectivity index (χ3n) is 6.99. The molecule has 1 fully saturated rings. The average molecular weight is 492 g/mol. The maximum atomic E-state index is 13.1. The number of carbonyl (C=O) groups is 1. The topological polar surface area (TPSA) is 80.0 Å². The van der Waals surface area contributed by atoms with E-state index in [4.69, 9.17) is 9.73 Å². The van der Waals surface area contributed by atoms with Crippen molar-refractivity contribution >= 4 is 29.4 Å². The Morgan fingerprint density at radius 1 is 1.14 bits per heavy atom. The zero-order valence-corrected chi connectivity index (χ0v) is 21.8. The van der Waals surface area contributed by atoms with E-state index in [9.17, 15) is 9.59 Å². The molecule has 3 heterocycles. The minimum absolute atomic E-state index is 0.186. The fraction of sp³-hybridized carbons (Fsp3) is 0.500. The Bertz CT molecular complexity index is 1180. The second-order valence-electron chi connectivity index (χ2n) is 9.48. The number of nitrogens with zero attached hydrogens (tertiary/aromatic N) is 5. The van der Waals surface area contributed by atoms with E-state index < -0.39 is 5.92 Å². The van der Waals surface area contributed by atoms with Crippen LogP contribution in [0.5, 0.6) is 0 Å². The molecule has 1 aromatic carbocycles. The van der Waals surface area contributed by atoms with Gasteiger partial charge in [0.05, 0.1) is 6.61 Å². The number of ether oxygens (including phenoxy) is 1. The first-order valence-corrected chi connectivity index (χ1v) is 13.0. The van der Waals surface area contributed by atoms with Crippen LogP contribution in [0.25, 0.3) is 6.08 Å². The fourth-order valence-corrected chi connectivity index (χ4v) is 5.16. The lowest BCUT2D eigenvalue weighted by atomic mass is 9.82. The van der Waals surface area contributed by atoms with E-state index in [1.807, 2.05) is 45.9 Å². The summed E-state index contributed by atoms with van der Waals surface area (Å²) in [6.07, 6.45) is 5.14. The first-order chi connectivity index (χ1) is 17.4. The van der Waals surface area contributed by atoms with E-state index in [1.54, 1.807) is 4.57 Å². The van der Waals surface area contributed by atoms with Gasteiger partial charge in [0.25, 0.3) is 0 Å². The number of hydrogen-bond donors (Lipinski definition) is 0. The molecular weight excluding hydrogens is 454 g/mol. The zero-order valence-electron chi connectivity index (χ0n) is 21.8. The van der Waals surface area contributed by atoms with Gasteiger partial charge in [-0.1, -0.05) is 56.3 Å². The van der Waals surface area contributed by atoms with Gasteiger partial charge in [-0.15, -0.1) is 0 Å². The van der Waals surface area contributed by atoms with Crippen LogP contribution >= 0.6 is 0 Å². The first-order valence-electron chi connectivity index (χ1n) is 13.0. The lowest BCUT2D eigenvalue weighted by Crippen LogP contribution is -2.48. The lowest BCUT2D eigenvalue weighted by molar-refractivity contribution is -0.146. The van der Waals surface area contributed by atoms with Crippen LogP contribution in [0.1, 0.15) is 51.2 Å². The highest BCUT2D eigenvalue weighted by Gasteiger charge is 2.39. The highest BCUT2D eigenvalue weighted by molar-refractivity contribution is 6.04. The first kappa shape index (κ1) is 25.8. The highest BCUT2D eigenvalue weighted by atomic mass is 16.5. The van der Waals surface area contributed by atoms with Gasteiger partial charge < -0.3 is 9.64 Å². The van der Waals surface area contributed by atoms with E-state index in [0.717, 1.165) is 44.7 Å². The standard InChI is InChI=1S/C28H37N5O3/c1-5-14-33-26-24(20(3)23(21(4)29-26)27(34)36-6-2)25(30-28(33)35)32-18-16-31(17-19-32)15-10-13-22-11-8-7-9-12-22/h7-13,20,23H,5-6,14-19H2,1-4H3. The molecule has 2 aliphatic heterocycles. The van der Waals surface area contributed by atoms with Crippen LogP contribution in [0.3, 0.4) is 0 Å². The van der Waals surface area contributed by atoms with Crippen LogP contribution in [-0.2, 0) is 16.1 Å². The lowest BCUT2D eigenvalue weighted by Gasteiger charge is -2.38. The average Bonchev–Trinajstić information content (AvgIpc) is 2.87. The Kier molecular flexibility index (Phi) is 8.36. The van der Waals surface area contributed by atoms with Gasteiger partial charge in [0.15, 0.2) is 0 Å². The third-order valence-corrected chi connectivity index (χ3v) is 6.99. The van der Waals surface area contributed by atoms with Gasteiger partial charge in [0.1, 0.15) is 17.6 Å². The summed E-state index contributed by atoms with van der Waals surface area (Å²) in [5, 5.41) is 0. The summed E-state index contributed by atoms with van der Waals surface area (Å²) in [5.41, 5.74) is 2.48. The molecule has 0 bridgehead atoms. The summed E-state index contributed by atoms with van der Waals surface area (Å²) in [5.74, 6) is 0.376. The van der Waals surface area contributed by atoms with Crippen molar-refractivity contribution in [3.63, 3.8) is 0 Å². The van der Waals surface area contributed by atoms with Crippen LogP contribution in [0.2, 0.25) is 0 Å². The van der Waals surface area contributed by atoms with Crippen molar-refractivity contribution in [2.45, 2.75) is 46.6 Å². The molecule has 0 N–H and O–H groups in total. The van der Waals surface area contributed by atoms with Crippen molar-refractivity contribution in [3.05, 3.63) is 58.0 Å². The molecule has 8 heteroatoms. The SMILES string of the molecule is CCCn1c2c(c(N3CCN(CC=Cc4ccccc4)CC3)nc1=O)C(C)C(C(=O)OCC)C(C)=N2. The third kappa shape index (κ3) is 5.43. The number of carbonyl (C=O) groups excluding carboxylic acids is 1. The van der Waals surface area contributed by atoms with E-state index >= 15 is 0 Å². The zero-order chi connectivity index (χ0) is 25.7. The molecule has 0 spiro atoms. The number of hydrogen-bond acceptors (Lipinski definition) is 7. The maximum absolute atomic E-state index is 13.1. The van der Waals surface area contributed by atoms with Crippen LogP contribution in [0, 0.1) is 5.92 Å². The molecule has 8 nitrogen and oxygen atoms in total. The largest absolute Gasteiger partial charge is 0.465 e. The summed E-state index contributed by atoms with van der Waals surface area (Å²) in [6.45, 7) is 12.7. The molecule has 2 unspecified atom stereocenters. The van der Waals surface area contributed by atoms with Crippen LogP contribution in [0.4, 0.5) is 11.6 Å². The van der Waals surface area contributed by atoms with Crippen LogP contribution in [-0.4, -0.2) is 65.5 Å². The normalized spacial score (nSPS) is 20.3. The summed E-state index contributed by atoms with van der Waals surface area (Å²) >= 11 is 0. The number of anilines is 1. The predicted octanol–water partition coefficient (Wildman–Crippen LogP) is 3.88. The number of aliphatic imine (C=N–C) groups is 1. The van der Waals surface area contributed by atoms with Crippen LogP contribution in [0.15, 0.2) is 46.2 Å². The van der Waals surface area contributed by atoms with E-state index in [0.29, 0.717) is 30.5 Å². The van der Waals surface area contributed by atoms with Gasteiger partial charge >= 0.3 is 11.7 Å². The Labute approximate surface area is 213 Å². The number of benzene rings is 1. The smallest absolute Gasteiger partial charge is 0.351 e. The van der Waals surface area contributed by atoms with Gasteiger partial charge in [0.2, 0.25) is 0 Å². The van der Waals surface area contributed by atoms with Crippen molar-refractivity contribution in [1.29, 1.82) is 0 Å². The second-order valence-corrected chi connectivity index (χ2v) is 9.48. The van der Waals surface area contributed by atoms with E-state index in [2.05, 4.69) is 39.1 Å². The molecule has 4 rings (SSSR count). The molecule has 0 radical (unpaired) electrons. The van der Waals surface area contributed by atoms with Crippen molar-refractivity contribution < 1.29 is 9.53 Å². The van der Waals surface area contributed by atoms with E-state index in [1.165, 1.54) is 5.56 Å². The summed E-state index contributed by atoms with van der Waals surface area (Å²) in [4.78, 5) is 39.8. The minimum atomic E-state index is -0.477. The molecule has 192 valence electrons. The Morgan fingerprint density at radius 3 is 2.53 bits per heavy atom. The minimum Gasteiger partial charge on any atom is -0.465 e. The number of fused-ring (bicyclic) bond motifs is 1. The number of esters is 1. The summed E-state index contributed by atoms with van der Waals surface area (Å²) < 4.78 is 7.03. The monoisotopic (exact) mass is 491 g/mol. The van der Waals surface area contributed by atoms with Gasteiger partial charge in [-0.25, -0.2) is 9.79 Å². The summed E-state index contributed by atoms with van der Waals surface area (Å²) in [7, 11) is 0. The Hall–Kier alpha value is -3.26. The number of piperazine rings is 1. The molecule has 0 amide bonds. The highest BCUT2D eigenvalue weighted by Crippen LogP contribution is 2.42. The molecule has 36 heavy (non-hydrogen) atoms. The van der Waals surface area contributed by atoms with Crippen molar-refractivity contribution in [2.24, 2.45) is 10.9 Å². The molecule has 0 saturated carbocycles. The van der Waals surface area contributed by atoms with Gasteiger partial charge in [0, 0.05) is 56.5 Å². The van der Waals surface area contributed by atoms with Gasteiger partial charge in [-0.3, -0.25) is 14.3 Å². The molecule has 1 saturated heterocycles. The van der Waals surface area contributed by atoms with Crippen molar-refractivity contribution in [3.8, 4) is 0 Å². The number of rotatable bonds is 8. The molecule has 2 aliphatic rings.